The maximum Gasteiger partial charge on any atom is 0.216 e. The van der Waals surface area contributed by atoms with Crippen LogP contribution < -0.4 is 0 Å². The summed E-state index contributed by atoms with van der Waals surface area (Å²) in [6.07, 6.45) is 13.5. The molecule has 4 saturated carbocycles. The summed E-state index contributed by atoms with van der Waals surface area (Å²) < 4.78 is 19.1. The SMILES string of the molecule is CO[C@@H]1C[C@@H]2CC(O[Si](C)(C)C(C)(C)C)CC[C@]2(C)[C@H]2CC[C@]3(C)[C@@H]([C@H](C)CCc4nnc(C)o4)CC[C@H]3[C@H]12. The molecule has 10 atom stereocenters. The Morgan fingerprint density at radius 3 is 2.33 bits per heavy atom. The normalized spacial score (nSPS) is 41.5. The van der Waals surface area contributed by atoms with Gasteiger partial charge >= 0.3 is 0 Å². The second-order valence-corrected chi connectivity index (χ2v) is 21.0. The highest BCUT2D eigenvalue weighted by Gasteiger charge is 2.63. The molecule has 5 nitrogen and oxygen atoms in total. The minimum absolute atomic E-state index is 0.273. The highest BCUT2D eigenvalue weighted by Crippen LogP contribution is 2.69. The van der Waals surface area contributed by atoms with Crippen molar-refractivity contribution in [3.63, 3.8) is 0 Å². The third kappa shape index (κ3) is 5.22. The van der Waals surface area contributed by atoms with E-state index >= 15 is 0 Å². The zero-order valence-corrected chi connectivity index (χ0v) is 27.8. The minimum Gasteiger partial charge on any atom is -0.426 e. The summed E-state index contributed by atoms with van der Waals surface area (Å²) >= 11 is 0. The summed E-state index contributed by atoms with van der Waals surface area (Å²) in [6.45, 7) is 21.7. The van der Waals surface area contributed by atoms with Gasteiger partial charge in [-0.15, -0.1) is 10.2 Å². The van der Waals surface area contributed by atoms with Crippen molar-refractivity contribution in [1.82, 2.24) is 10.2 Å². The first kappa shape index (κ1) is 29.8. The fourth-order valence-corrected chi connectivity index (χ4v) is 11.5. The summed E-state index contributed by atoms with van der Waals surface area (Å²) in [5.74, 6) is 5.97. The number of hydrogen-bond donors (Lipinski definition) is 0. The molecule has 4 aliphatic rings. The number of fused-ring (bicyclic) bond motifs is 5. The number of hydrogen-bond acceptors (Lipinski definition) is 5. The Bertz CT molecular complexity index is 1000. The largest absolute Gasteiger partial charge is 0.426 e. The van der Waals surface area contributed by atoms with Crippen molar-refractivity contribution < 1.29 is 13.6 Å². The average Bonchev–Trinajstić information content (AvgIpc) is 3.43. The number of ether oxygens (including phenoxy) is 1. The van der Waals surface area contributed by atoms with Gasteiger partial charge in [-0.25, -0.2) is 0 Å². The van der Waals surface area contributed by atoms with E-state index in [4.69, 9.17) is 13.6 Å². The molecule has 4 fully saturated rings. The van der Waals surface area contributed by atoms with Crippen LogP contribution in [0.15, 0.2) is 4.42 Å². The maximum atomic E-state index is 7.01. The molecule has 1 aromatic rings. The Hall–Kier alpha value is -0.723. The van der Waals surface area contributed by atoms with Crippen molar-refractivity contribution in [2.24, 2.45) is 46.3 Å². The summed E-state index contributed by atoms with van der Waals surface area (Å²) in [5, 5.41) is 8.57. The van der Waals surface area contributed by atoms with E-state index < -0.39 is 8.32 Å². The van der Waals surface area contributed by atoms with Crippen LogP contribution in [-0.4, -0.2) is 37.8 Å². The highest BCUT2D eigenvalue weighted by molar-refractivity contribution is 6.74. The Kier molecular flexibility index (Phi) is 8.03. The Morgan fingerprint density at radius 1 is 1.00 bits per heavy atom. The van der Waals surface area contributed by atoms with Gasteiger partial charge in [0.25, 0.3) is 0 Å². The number of rotatable bonds is 7. The van der Waals surface area contributed by atoms with Gasteiger partial charge in [0.05, 0.1) is 6.10 Å². The summed E-state index contributed by atoms with van der Waals surface area (Å²) in [4.78, 5) is 0. The average molecular weight is 559 g/mol. The number of nitrogens with zero attached hydrogens (tertiary/aromatic N) is 2. The second kappa shape index (κ2) is 10.5. The van der Waals surface area contributed by atoms with Crippen LogP contribution in [0.25, 0.3) is 0 Å². The van der Waals surface area contributed by atoms with Gasteiger partial charge in [-0.3, -0.25) is 0 Å². The van der Waals surface area contributed by atoms with Crippen LogP contribution in [0.3, 0.4) is 0 Å². The van der Waals surface area contributed by atoms with Gasteiger partial charge in [-0.2, -0.15) is 0 Å². The fourth-order valence-electron chi connectivity index (χ4n) is 10.1. The molecule has 6 heteroatoms. The molecule has 1 aromatic heterocycles. The molecular formula is C33H58N2O3Si. The van der Waals surface area contributed by atoms with Gasteiger partial charge in [-0.1, -0.05) is 41.5 Å². The van der Waals surface area contributed by atoms with E-state index in [1.807, 2.05) is 14.0 Å². The zero-order valence-electron chi connectivity index (χ0n) is 26.8. The summed E-state index contributed by atoms with van der Waals surface area (Å²) in [7, 11) is 0.253. The van der Waals surface area contributed by atoms with Crippen molar-refractivity contribution in [2.75, 3.05) is 7.11 Å². The van der Waals surface area contributed by atoms with E-state index in [0.29, 0.717) is 40.8 Å². The first-order valence-electron chi connectivity index (χ1n) is 16.2. The van der Waals surface area contributed by atoms with Gasteiger partial charge in [-0.05, 0) is 122 Å². The van der Waals surface area contributed by atoms with Gasteiger partial charge < -0.3 is 13.6 Å². The van der Waals surface area contributed by atoms with E-state index in [1.54, 1.807) is 0 Å². The lowest BCUT2D eigenvalue weighted by molar-refractivity contribution is -0.180. The molecular weight excluding hydrogens is 500 g/mol. The van der Waals surface area contributed by atoms with Crippen molar-refractivity contribution in [1.29, 1.82) is 0 Å². The zero-order chi connectivity index (χ0) is 28.4. The van der Waals surface area contributed by atoms with Gasteiger partial charge in [0, 0.05) is 26.6 Å². The van der Waals surface area contributed by atoms with Crippen LogP contribution in [0.5, 0.6) is 0 Å². The fraction of sp³-hybridized carbons (Fsp3) is 0.939. The van der Waals surface area contributed by atoms with E-state index in [2.05, 4.69) is 64.8 Å². The molecule has 222 valence electrons. The molecule has 39 heavy (non-hydrogen) atoms. The smallest absolute Gasteiger partial charge is 0.216 e. The molecule has 0 bridgehead atoms. The molecule has 1 heterocycles. The second-order valence-electron chi connectivity index (χ2n) is 16.2. The molecule has 4 aliphatic carbocycles. The summed E-state index contributed by atoms with van der Waals surface area (Å²) in [6, 6.07) is 0. The lowest BCUT2D eigenvalue weighted by atomic mass is 9.43. The molecule has 0 N–H and O–H groups in total. The van der Waals surface area contributed by atoms with Gasteiger partial charge in [0.15, 0.2) is 8.32 Å². The molecule has 0 spiro atoms. The molecule has 5 rings (SSSR count). The van der Waals surface area contributed by atoms with Crippen molar-refractivity contribution in [2.45, 2.75) is 143 Å². The predicted octanol–water partition coefficient (Wildman–Crippen LogP) is 8.62. The number of methoxy groups -OCH3 is 1. The lowest BCUT2D eigenvalue weighted by Crippen LogP contribution is -2.59. The van der Waals surface area contributed by atoms with Gasteiger partial charge in [0.1, 0.15) is 0 Å². The van der Waals surface area contributed by atoms with Crippen LogP contribution in [0, 0.1) is 53.3 Å². The van der Waals surface area contributed by atoms with E-state index in [1.165, 1.54) is 51.4 Å². The molecule has 0 aromatic carbocycles. The van der Waals surface area contributed by atoms with E-state index in [9.17, 15) is 0 Å². The summed E-state index contributed by atoms with van der Waals surface area (Å²) in [5.41, 5.74) is 0.863. The molecule has 0 amide bonds. The van der Waals surface area contributed by atoms with Crippen molar-refractivity contribution in [3.8, 4) is 0 Å². The molecule has 0 radical (unpaired) electrons. The number of aromatic nitrogens is 2. The van der Waals surface area contributed by atoms with E-state index in [-0.39, 0.29) is 5.04 Å². The number of aryl methyl sites for hydroxylation is 2. The quantitative estimate of drug-likeness (QED) is 0.314. The predicted molar refractivity (Wildman–Crippen MR) is 160 cm³/mol. The Balaban J connectivity index is 1.30. The third-order valence-electron chi connectivity index (χ3n) is 13.3. The van der Waals surface area contributed by atoms with Crippen LogP contribution in [0.2, 0.25) is 18.1 Å². The standard InChI is InChI=1S/C33H58N2O3Si/c1-21(11-14-29-35-34-22(2)37-29)25-12-13-26-30-27(16-18-33(25,26)7)32(6)17-15-24(19-23(32)20-28(30)36-8)38-39(9,10)31(3,4)5/h21,23-28,30H,11-20H2,1-10H3/t21-,23+,24?,25-,26+,27+,28-,30+,32+,33-/m1/s1. The van der Waals surface area contributed by atoms with Gasteiger partial charge in [0.2, 0.25) is 11.8 Å². The van der Waals surface area contributed by atoms with Crippen LogP contribution >= 0.6 is 0 Å². The maximum absolute atomic E-state index is 7.01. The minimum atomic E-state index is -1.75. The van der Waals surface area contributed by atoms with Crippen LogP contribution in [-0.2, 0) is 15.6 Å². The van der Waals surface area contributed by atoms with Crippen molar-refractivity contribution in [3.05, 3.63) is 11.8 Å². The molecule has 0 saturated heterocycles. The van der Waals surface area contributed by atoms with E-state index in [0.717, 1.165) is 42.4 Å². The Labute approximate surface area is 240 Å². The van der Waals surface area contributed by atoms with Crippen LogP contribution in [0.4, 0.5) is 0 Å². The molecule has 1 unspecified atom stereocenters. The first-order valence-corrected chi connectivity index (χ1v) is 19.1. The monoisotopic (exact) mass is 558 g/mol. The topological polar surface area (TPSA) is 57.4 Å². The Morgan fingerprint density at radius 2 is 1.69 bits per heavy atom. The highest BCUT2D eigenvalue weighted by atomic mass is 28.4. The van der Waals surface area contributed by atoms with Crippen LogP contribution in [0.1, 0.15) is 111 Å². The third-order valence-corrected chi connectivity index (χ3v) is 17.9. The lowest BCUT2D eigenvalue weighted by Gasteiger charge is -2.63. The first-order chi connectivity index (χ1) is 18.2. The molecule has 0 aliphatic heterocycles. The van der Waals surface area contributed by atoms with Crippen molar-refractivity contribution >= 4 is 8.32 Å².